The lowest BCUT2D eigenvalue weighted by molar-refractivity contribution is 1.28. The number of fused-ring (bicyclic) bond motifs is 1. The molecule has 2 aromatic carbocycles. The van der Waals surface area contributed by atoms with E-state index in [1.54, 1.807) is 0 Å². The van der Waals surface area contributed by atoms with Crippen molar-refractivity contribution in [3.05, 3.63) is 89.8 Å². The Labute approximate surface area is 137 Å². The van der Waals surface area contributed by atoms with Crippen molar-refractivity contribution in [1.29, 1.82) is 0 Å². The van der Waals surface area contributed by atoms with E-state index < -0.39 is 0 Å². The average Bonchev–Trinajstić information content (AvgIpc) is 2.56. The van der Waals surface area contributed by atoms with Crippen LogP contribution in [0.3, 0.4) is 0 Å². The van der Waals surface area contributed by atoms with Gasteiger partial charge in [0.2, 0.25) is 0 Å². The summed E-state index contributed by atoms with van der Waals surface area (Å²) in [6.45, 7) is 8.14. The van der Waals surface area contributed by atoms with Gasteiger partial charge in [0.15, 0.2) is 0 Å². The molecule has 0 fully saturated rings. The number of nitrogens with zero attached hydrogens (tertiary/aromatic N) is 1. The maximum atomic E-state index is 5.77. The van der Waals surface area contributed by atoms with Gasteiger partial charge in [0.05, 0.1) is 5.71 Å². The van der Waals surface area contributed by atoms with E-state index in [0.29, 0.717) is 5.70 Å². The third-order valence-corrected chi connectivity index (χ3v) is 4.12. The Morgan fingerprint density at radius 3 is 2.48 bits per heavy atom. The summed E-state index contributed by atoms with van der Waals surface area (Å²) >= 11 is 0. The molecule has 23 heavy (non-hydrogen) atoms. The molecular formula is C21H20N2. The summed E-state index contributed by atoms with van der Waals surface area (Å²) in [4.78, 5) is 4.72. The number of nitrogens with two attached hydrogens (primary N) is 1. The molecule has 0 amide bonds. The monoisotopic (exact) mass is 300 g/mol. The van der Waals surface area contributed by atoms with Crippen molar-refractivity contribution >= 4 is 22.1 Å². The maximum absolute atomic E-state index is 5.77. The minimum Gasteiger partial charge on any atom is -0.399 e. The number of benzene rings is 2. The molecule has 1 aliphatic rings. The molecule has 0 atom stereocenters. The van der Waals surface area contributed by atoms with Crippen LogP contribution in [0.2, 0.25) is 0 Å². The van der Waals surface area contributed by atoms with Gasteiger partial charge in [-0.1, -0.05) is 43.0 Å². The molecular weight excluding hydrogens is 280 g/mol. The van der Waals surface area contributed by atoms with Crippen LogP contribution in [0.25, 0.3) is 16.3 Å². The lowest BCUT2D eigenvalue weighted by Crippen LogP contribution is -2.06. The molecule has 114 valence electrons. The molecule has 0 bridgehead atoms. The van der Waals surface area contributed by atoms with Gasteiger partial charge in [-0.3, -0.25) is 4.99 Å². The highest BCUT2D eigenvalue weighted by atomic mass is 14.8. The zero-order valence-corrected chi connectivity index (χ0v) is 13.5. The Morgan fingerprint density at radius 1 is 1.00 bits per heavy atom. The first-order chi connectivity index (χ1) is 11.0. The summed E-state index contributed by atoms with van der Waals surface area (Å²) in [5.74, 6) is 0. The van der Waals surface area contributed by atoms with E-state index in [4.69, 9.17) is 10.7 Å². The van der Waals surface area contributed by atoms with E-state index in [0.717, 1.165) is 22.6 Å². The molecule has 0 aromatic heterocycles. The van der Waals surface area contributed by atoms with E-state index in [2.05, 4.69) is 56.0 Å². The molecule has 0 radical (unpaired) electrons. The predicted octanol–water partition coefficient (Wildman–Crippen LogP) is 5.00. The largest absolute Gasteiger partial charge is 0.399 e. The van der Waals surface area contributed by atoms with E-state index in [1.807, 2.05) is 25.2 Å². The Kier molecular flexibility index (Phi) is 3.98. The molecule has 0 aliphatic heterocycles. The third kappa shape index (κ3) is 3.16. The molecule has 0 spiro atoms. The fourth-order valence-electron chi connectivity index (χ4n) is 2.61. The van der Waals surface area contributed by atoms with Crippen LogP contribution in [-0.4, -0.2) is 5.71 Å². The van der Waals surface area contributed by atoms with Gasteiger partial charge in [0, 0.05) is 11.4 Å². The summed E-state index contributed by atoms with van der Waals surface area (Å²) < 4.78 is 0. The van der Waals surface area contributed by atoms with Crippen LogP contribution in [0.1, 0.15) is 19.4 Å². The van der Waals surface area contributed by atoms with E-state index >= 15 is 0 Å². The van der Waals surface area contributed by atoms with Gasteiger partial charge in [-0.05, 0) is 65.6 Å². The first-order valence-electron chi connectivity index (χ1n) is 7.64. The fourth-order valence-corrected chi connectivity index (χ4v) is 2.61. The first kappa shape index (κ1) is 15.0. The van der Waals surface area contributed by atoms with E-state index in [1.165, 1.54) is 16.3 Å². The summed E-state index contributed by atoms with van der Waals surface area (Å²) in [6, 6.07) is 14.9. The van der Waals surface area contributed by atoms with Crippen LogP contribution in [0.5, 0.6) is 0 Å². The molecule has 0 heterocycles. The highest BCUT2D eigenvalue weighted by molar-refractivity contribution is 6.12. The molecule has 2 nitrogen and oxygen atoms in total. The molecule has 0 unspecified atom stereocenters. The van der Waals surface area contributed by atoms with Gasteiger partial charge in [-0.25, -0.2) is 0 Å². The van der Waals surface area contributed by atoms with Crippen molar-refractivity contribution in [3.63, 3.8) is 0 Å². The number of hydrogen-bond acceptors (Lipinski definition) is 2. The van der Waals surface area contributed by atoms with Crippen LogP contribution in [-0.2, 0) is 0 Å². The van der Waals surface area contributed by atoms with E-state index in [-0.39, 0.29) is 0 Å². The van der Waals surface area contributed by atoms with Gasteiger partial charge in [0.1, 0.15) is 0 Å². The second-order valence-corrected chi connectivity index (χ2v) is 5.77. The maximum Gasteiger partial charge on any atom is 0.0700 e. The van der Waals surface area contributed by atoms with Crippen LogP contribution >= 0.6 is 0 Å². The Hall–Kier alpha value is -2.87. The predicted molar refractivity (Wildman–Crippen MR) is 100 cm³/mol. The number of allylic oxidation sites excluding steroid dienone is 6. The first-order valence-corrected chi connectivity index (χ1v) is 7.64. The Bertz CT molecular complexity index is 908. The van der Waals surface area contributed by atoms with Crippen LogP contribution in [0.4, 0.5) is 0 Å². The number of aliphatic imine (C=N–C) groups is 1. The van der Waals surface area contributed by atoms with Crippen molar-refractivity contribution in [2.75, 3.05) is 0 Å². The number of hydrogen-bond donors (Lipinski definition) is 1. The van der Waals surface area contributed by atoms with Crippen LogP contribution < -0.4 is 5.73 Å². The zero-order valence-electron chi connectivity index (χ0n) is 13.5. The van der Waals surface area contributed by atoms with Gasteiger partial charge in [0.25, 0.3) is 0 Å². The minimum absolute atomic E-state index is 0.710. The molecule has 0 saturated carbocycles. The third-order valence-electron chi connectivity index (χ3n) is 4.12. The fraction of sp³-hybridized carbons (Fsp3) is 0.0952. The van der Waals surface area contributed by atoms with Gasteiger partial charge >= 0.3 is 0 Å². The highest BCUT2D eigenvalue weighted by Crippen LogP contribution is 2.24. The SMILES string of the molecule is C=C1C=C(N)C=C/C1=N/C(C)=C(\C)c1ccc2ccccc2c1. The Morgan fingerprint density at radius 2 is 1.74 bits per heavy atom. The van der Waals surface area contributed by atoms with Crippen LogP contribution in [0.15, 0.2) is 89.2 Å². The lowest BCUT2D eigenvalue weighted by Gasteiger charge is -2.10. The summed E-state index contributed by atoms with van der Waals surface area (Å²) in [5.41, 5.74) is 11.5. The molecule has 3 rings (SSSR count). The van der Waals surface area contributed by atoms with Crippen molar-refractivity contribution in [2.45, 2.75) is 13.8 Å². The van der Waals surface area contributed by atoms with Gasteiger partial charge in [-0.15, -0.1) is 0 Å². The lowest BCUT2D eigenvalue weighted by atomic mass is 10.0. The molecule has 0 saturated heterocycles. The number of rotatable bonds is 2. The van der Waals surface area contributed by atoms with Gasteiger partial charge < -0.3 is 5.73 Å². The van der Waals surface area contributed by atoms with Crippen molar-refractivity contribution in [2.24, 2.45) is 10.7 Å². The molecule has 1 aliphatic carbocycles. The topological polar surface area (TPSA) is 38.4 Å². The molecule has 2 heteroatoms. The molecule has 2 N–H and O–H groups in total. The van der Waals surface area contributed by atoms with Crippen molar-refractivity contribution in [1.82, 2.24) is 0 Å². The van der Waals surface area contributed by atoms with Crippen LogP contribution in [0, 0.1) is 0 Å². The normalized spacial score (nSPS) is 17.4. The second-order valence-electron chi connectivity index (χ2n) is 5.77. The Balaban J connectivity index is 1.99. The summed E-state index contributed by atoms with van der Waals surface area (Å²) in [6.07, 6.45) is 5.61. The second kappa shape index (κ2) is 6.09. The zero-order chi connectivity index (χ0) is 16.4. The quantitative estimate of drug-likeness (QED) is 0.832. The molecule has 2 aromatic rings. The smallest absolute Gasteiger partial charge is 0.0700 e. The van der Waals surface area contributed by atoms with Crippen molar-refractivity contribution in [3.8, 4) is 0 Å². The summed E-state index contributed by atoms with van der Waals surface area (Å²) in [7, 11) is 0. The average molecular weight is 300 g/mol. The highest BCUT2D eigenvalue weighted by Gasteiger charge is 2.07. The van der Waals surface area contributed by atoms with E-state index in [9.17, 15) is 0 Å². The standard InChI is InChI=1S/C21H20N2/c1-14-12-20(22)10-11-21(14)23-16(3)15(2)18-9-8-17-6-4-5-7-19(17)13-18/h4-13H,1,22H2,2-3H3/b16-15+,23-21-. The summed E-state index contributed by atoms with van der Waals surface area (Å²) in [5, 5.41) is 2.49. The van der Waals surface area contributed by atoms with Crippen molar-refractivity contribution < 1.29 is 0 Å². The van der Waals surface area contributed by atoms with Gasteiger partial charge in [-0.2, -0.15) is 0 Å². The minimum atomic E-state index is 0.710.